The molecule has 0 amide bonds. The number of piperidine rings is 1. The van der Waals surface area contributed by atoms with Gasteiger partial charge in [-0.15, -0.1) is 0 Å². The average molecular weight is 232 g/mol. The molecule has 2 atom stereocenters. The molecular weight excluding hydrogens is 208 g/mol. The minimum Gasteiger partial charge on any atom is -0.330 e. The quantitative estimate of drug-likeness (QED) is 0.868. The highest BCUT2D eigenvalue weighted by atomic mass is 15.2. The molecule has 0 spiro atoms. The third kappa shape index (κ3) is 3.08. The van der Waals surface area contributed by atoms with Crippen LogP contribution in [0.5, 0.6) is 0 Å². The summed E-state index contributed by atoms with van der Waals surface area (Å²) in [5, 5.41) is 0. The molecule has 0 radical (unpaired) electrons. The summed E-state index contributed by atoms with van der Waals surface area (Å²) >= 11 is 0. The molecule has 1 aromatic rings. The molecule has 0 bridgehead atoms. The fraction of sp³-hybridized carbons (Fsp3) is 0.600. The second-order valence-corrected chi connectivity index (χ2v) is 5.38. The predicted octanol–water partition coefficient (Wildman–Crippen LogP) is 2.55. The number of aryl methyl sites for hydroxylation is 1. The van der Waals surface area contributed by atoms with Gasteiger partial charge in [0.2, 0.25) is 0 Å². The lowest BCUT2D eigenvalue weighted by Crippen LogP contribution is -2.43. The molecule has 0 saturated carbocycles. The average Bonchev–Trinajstić information content (AvgIpc) is 2.35. The lowest BCUT2D eigenvalue weighted by molar-refractivity contribution is 0.113. The Bertz CT molecular complexity index is 362. The van der Waals surface area contributed by atoms with Crippen LogP contribution >= 0.6 is 0 Å². The van der Waals surface area contributed by atoms with Crippen molar-refractivity contribution in [1.29, 1.82) is 0 Å². The van der Waals surface area contributed by atoms with Gasteiger partial charge in [0.25, 0.3) is 0 Å². The van der Waals surface area contributed by atoms with Crippen molar-refractivity contribution in [2.75, 3.05) is 13.1 Å². The van der Waals surface area contributed by atoms with Gasteiger partial charge in [-0.25, -0.2) is 0 Å². The molecule has 2 unspecified atom stereocenters. The van der Waals surface area contributed by atoms with Gasteiger partial charge in [0, 0.05) is 19.1 Å². The van der Waals surface area contributed by atoms with E-state index in [1.54, 1.807) is 0 Å². The van der Waals surface area contributed by atoms with E-state index in [1.165, 1.54) is 24.0 Å². The maximum absolute atomic E-state index is 5.81. The van der Waals surface area contributed by atoms with Crippen LogP contribution in [0.25, 0.3) is 0 Å². The van der Waals surface area contributed by atoms with Gasteiger partial charge in [-0.05, 0) is 50.3 Å². The van der Waals surface area contributed by atoms with E-state index in [2.05, 4.69) is 43.0 Å². The van der Waals surface area contributed by atoms with Gasteiger partial charge in [-0.2, -0.15) is 0 Å². The van der Waals surface area contributed by atoms with Gasteiger partial charge in [0.15, 0.2) is 0 Å². The summed E-state index contributed by atoms with van der Waals surface area (Å²) < 4.78 is 0. The van der Waals surface area contributed by atoms with Crippen molar-refractivity contribution < 1.29 is 0 Å². The van der Waals surface area contributed by atoms with Gasteiger partial charge < -0.3 is 5.73 Å². The second kappa shape index (κ2) is 5.65. The molecule has 1 aliphatic rings. The summed E-state index contributed by atoms with van der Waals surface area (Å²) in [5.74, 6) is 0.690. The van der Waals surface area contributed by atoms with Crippen LogP contribution in [0.2, 0.25) is 0 Å². The van der Waals surface area contributed by atoms with Crippen LogP contribution in [0.4, 0.5) is 0 Å². The Labute approximate surface area is 105 Å². The Kier molecular flexibility index (Phi) is 4.19. The first kappa shape index (κ1) is 12.6. The van der Waals surface area contributed by atoms with Gasteiger partial charge >= 0.3 is 0 Å². The molecule has 2 rings (SSSR count). The van der Waals surface area contributed by atoms with E-state index in [0.29, 0.717) is 12.0 Å². The number of nitrogens with two attached hydrogens (primary N) is 1. The fourth-order valence-corrected chi connectivity index (χ4v) is 2.68. The van der Waals surface area contributed by atoms with Gasteiger partial charge in [-0.1, -0.05) is 24.3 Å². The number of rotatable bonds is 3. The molecule has 2 N–H and O–H groups in total. The largest absolute Gasteiger partial charge is 0.330 e. The maximum Gasteiger partial charge on any atom is 0.0239 e. The molecule has 1 heterocycles. The first-order valence-corrected chi connectivity index (χ1v) is 6.69. The van der Waals surface area contributed by atoms with E-state index in [0.717, 1.165) is 19.6 Å². The summed E-state index contributed by atoms with van der Waals surface area (Å²) in [7, 11) is 0. The monoisotopic (exact) mass is 232 g/mol. The van der Waals surface area contributed by atoms with E-state index < -0.39 is 0 Å². The third-order valence-electron chi connectivity index (χ3n) is 4.08. The van der Waals surface area contributed by atoms with E-state index in [1.807, 2.05) is 0 Å². The molecule has 2 nitrogen and oxygen atoms in total. The normalized spacial score (nSPS) is 26.1. The standard InChI is InChI=1S/C15H24N2/c1-12-5-3-4-6-15(12)11-17-10-14(9-16)8-7-13(17)2/h3-6,13-14H,7-11,16H2,1-2H3. The molecule has 1 fully saturated rings. The molecule has 1 aromatic carbocycles. The van der Waals surface area contributed by atoms with Crippen LogP contribution in [-0.4, -0.2) is 24.0 Å². The Morgan fingerprint density at radius 2 is 2.06 bits per heavy atom. The van der Waals surface area contributed by atoms with Crippen LogP contribution < -0.4 is 5.73 Å². The molecular formula is C15H24N2. The van der Waals surface area contributed by atoms with E-state index in [4.69, 9.17) is 5.73 Å². The van der Waals surface area contributed by atoms with E-state index in [-0.39, 0.29) is 0 Å². The van der Waals surface area contributed by atoms with Crippen LogP contribution in [-0.2, 0) is 6.54 Å². The number of benzene rings is 1. The summed E-state index contributed by atoms with van der Waals surface area (Å²) in [5.41, 5.74) is 8.66. The fourth-order valence-electron chi connectivity index (χ4n) is 2.68. The molecule has 0 aromatic heterocycles. The van der Waals surface area contributed by atoms with Crippen LogP contribution in [0.15, 0.2) is 24.3 Å². The van der Waals surface area contributed by atoms with Crippen molar-refractivity contribution >= 4 is 0 Å². The predicted molar refractivity (Wildman–Crippen MR) is 72.8 cm³/mol. The molecule has 0 aliphatic carbocycles. The molecule has 2 heteroatoms. The van der Waals surface area contributed by atoms with Crippen molar-refractivity contribution in [2.45, 2.75) is 39.3 Å². The topological polar surface area (TPSA) is 29.3 Å². The molecule has 94 valence electrons. The van der Waals surface area contributed by atoms with E-state index in [9.17, 15) is 0 Å². The Balaban J connectivity index is 2.04. The first-order chi connectivity index (χ1) is 8.20. The Hall–Kier alpha value is -0.860. The summed E-state index contributed by atoms with van der Waals surface area (Å²) in [6.45, 7) is 7.60. The number of hydrogen-bond acceptors (Lipinski definition) is 2. The van der Waals surface area contributed by atoms with Crippen molar-refractivity contribution in [3.05, 3.63) is 35.4 Å². The van der Waals surface area contributed by atoms with E-state index >= 15 is 0 Å². The van der Waals surface area contributed by atoms with Crippen molar-refractivity contribution in [2.24, 2.45) is 11.7 Å². The second-order valence-electron chi connectivity index (χ2n) is 5.38. The lowest BCUT2D eigenvalue weighted by Gasteiger charge is -2.38. The Morgan fingerprint density at radius 1 is 1.29 bits per heavy atom. The maximum atomic E-state index is 5.81. The SMILES string of the molecule is Cc1ccccc1CN1CC(CN)CCC1C. The van der Waals surface area contributed by atoms with Crippen molar-refractivity contribution in [3.63, 3.8) is 0 Å². The summed E-state index contributed by atoms with van der Waals surface area (Å²) in [6.07, 6.45) is 2.58. The zero-order valence-electron chi connectivity index (χ0n) is 11.0. The highest BCUT2D eigenvalue weighted by molar-refractivity contribution is 5.25. The number of nitrogens with zero attached hydrogens (tertiary/aromatic N) is 1. The summed E-state index contributed by atoms with van der Waals surface area (Å²) in [4.78, 5) is 2.59. The smallest absolute Gasteiger partial charge is 0.0239 e. The zero-order chi connectivity index (χ0) is 12.3. The van der Waals surface area contributed by atoms with Gasteiger partial charge in [0.1, 0.15) is 0 Å². The highest BCUT2D eigenvalue weighted by Gasteiger charge is 2.24. The van der Waals surface area contributed by atoms with Crippen molar-refractivity contribution in [3.8, 4) is 0 Å². The van der Waals surface area contributed by atoms with Crippen LogP contribution in [0.1, 0.15) is 30.9 Å². The van der Waals surface area contributed by atoms with Gasteiger partial charge in [0.05, 0.1) is 0 Å². The van der Waals surface area contributed by atoms with Crippen molar-refractivity contribution in [1.82, 2.24) is 4.90 Å². The minimum absolute atomic E-state index is 0.690. The number of likely N-dealkylation sites (tertiary alicyclic amines) is 1. The molecule has 1 saturated heterocycles. The first-order valence-electron chi connectivity index (χ1n) is 6.69. The van der Waals surface area contributed by atoms with Crippen LogP contribution in [0.3, 0.4) is 0 Å². The highest BCUT2D eigenvalue weighted by Crippen LogP contribution is 2.23. The molecule has 1 aliphatic heterocycles. The summed E-state index contributed by atoms with van der Waals surface area (Å²) in [6, 6.07) is 9.38. The number of hydrogen-bond donors (Lipinski definition) is 1. The van der Waals surface area contributed by atoms with Crippen LogP contribution in [0, 0.1) is 12.8 Å². The lowest BCUT2D eigenvalue weighted by atomic mass is 9.93. The third-order valence-corrected chi connectivity index (χ3v) is 4.08. The van der Waals surface area contributed by atoms with Gasteiger partial charge in [-0.3, -0.25) is 4.90 Å². The molecule has 17 heavy (non-hydrogen) atoms. The minimum atomic E-state index is 0.690. The Morgan fingerprint density at radius 3 is 2.76 bits per heavy atom. The zero-order valence-corrected chi connectivity index (χ0v) is 11.0.